The van der Waals surface area contributed by atoms with Crippen LogP contribution >= 0.6 is 0 Å². The lowest BCUT2D eigenvalue weighted by atomic mass is 9.86. The summed E-state index contributed by atoms with van der Waals surface area (Å²) in [7, 11) is 3.27. The largest absolute Gasteiger partial charge is 0.493 e. The highest BCUT2D eigenvalue weighted by molar-refractivity contribution is 5.44. The van der Waals surface area contributed by atoms with E-state index in [1.54, 1.807) is 20.5 Å². The minimum absolute atomic E-state index is 0.0333. The molecule has 1 saturated heterocycles. The van der Waals surface area contributed by atoms with Gasteiger partial charge in [0.25, 0.3) is 0 Å². The van der Waals surface area contributed by atoms with Crippen molar-refractivity contribution < 1.29 is 18.9 Å². The van der Waals surface area contributed by atoms with Gasteiger partial charge in [-0.2, -0.15) is 0 Å². The summed E-state index contributed by atoms with van der Waals surface area (Å²) >= 11 is 0. The fraction of sp³-hybridized carbons (Fsp3) is 0.368. The van der Waals surface area contributed by atoms with Gasteiger partial charge in [-0.3, -0.25) is 0 Å². The first kappa shape index (κ1) is 15.5. The van der Waals surface area contributed by atoms with Gasteiger partial charge in [0.1, 0.15) is 23.9 Å². The predicted octanol–water partition coefficient (Wildman–Crippen LogP) is 4.36. The maximum absolute atomic E-state index is 6.13. The van der Waals surface area contributed by atoms with E-state index in [2.05, 4.69) is 19.6 Å². The van der Waals surface area contributed by atoms with E-state index in [0.717, 1.165) is 29.3 Å². The highest BCUT2D eigenvalue weighted by Crippen LogP contribution is 2.48. The lowest BCUT2D eigenvalue weighted by Crippen LogP contribution is -2.11. The summed E-state index contributed by atoms with van der Waals surface area (Å²) in [4.78, 5) is 0. The predicted molar refractivity (Wildman–Crippen MR) is 88.1 cm³/mol. The molecule has 2 aliphatic rings. The average Bonchev–Trinajstić information content (AvgIpc) is 2.91. The van der Waals surface area contributed by atoms with E-state index < -0.39 is 0 Å². The number of benzene rings is 1. The van der Waals surface area contributed by atoms with Gasteiger partial charge in [-0.15, -0.1) is 6.58 Å². The second kappa shape index (κ2) is 6.41. The van der Waals surface area contributed by atoms with Crippen LogP contribution in [-0.2, 0) is 9.47 Å². The molecular formula is C19H22O4. The Hall–Kier alpha value is -2.36. The van der Waals surface area contributed by atoms with Crippen molar-refractivity contribution >= 4 is 0 Å². The zero-order valence-electron chi connectivity index (χ0n) is 13.7. The zero-order chi connectivity index (χ0) is 16.4. The Balaban J connectivity index is 1.87. The molecule has 2 heterocycles. The van der Waals surface area contributed by atoms with Crippen LogP contribution in [-0.4, -0.2) is 14.2 Å². The quantitative estimate of drug-likeness (QED) is 0.757. The third-order valence-electron chi connectivity index (χ3n) is 4.41. The Bertz CT molecular complexity index is 659. The number of fused-ring (bicyclic) bond motifs is 1. The Kier molecular flexibility index (Phi) is 4.33. The lowest BCUT2D eigenvalue weighted by molar-refractivity contribution is 0.129. The van der Waals surface area contributed by atoms with Crippen molar-refractivity contribution in [2.75, 3.05) is 14.2 Å². The molecule has 3 unspecified atom stereocenters. The van der Waals surface area contributed by atoms with Gasteiger partial charge in [-0.1, -0.05) is 19.1 Å². The van der Waals surface area contributed by atoms with Gasteiger partial charge >= 0.3 is 0 Å². The third-order valence-corrected chi connectivity index (χ3v) is 4.41. The molecule has 1 fully saturated rings. The first-order chi connectivity index (χ1) is 11.2. The highest BCUT2D eigenvalue weighted by Gasteiger charge is 2.40. The summed E-state index contributed by atoms with van der Waals surface area (Å²) in [5.41, 5.74) is 1.07. The fourth-order valence-corrected chi connectivity index (χ4v) is 3.15. The van der Waals surface area contributed by atoms with Gasteiger partial charge in [0.05, 0.1) is 14.2 Å². The van der Waals surface area contributed by atoms with E-state index in [1.807, 2.05) is 24.3 Å². The molecule has 4 nitrogen and oxygen atoms in total. The highest BCUT2D eigenvalue weighted by atomic mass is 16.5. The Morgan fingerprint density at radius 2 is 2.00 bits per heavy atom. The molecule has 1 aromatic carbocycles. The van der Waals surface area contributed by atoms with Gasteiger partial charge < -0.3 is 18.9 Å². The van der Waals surface area contributed by atoms with Crippen LogP contribution in [0.25, 0.3) is 0 Å². The number of allylic oxidation sites excluding steroid dienone is 2. The van der Waals surface area contributed by atoms with Gasteiger partial charge in [-0.05, 0) is 23.8 Å². The summed E-state index contributed by atoms with van der Waals surface area (Å²) in [5.74, 6) is 3.78. The number of hydrogen-bond donors (Lipinski definition) is 0. The smallest absolute Gasteiger partial charge is 0.161 e. The number of hydrogen-bond acceptors (Lipinski definition) is 4. The molecule has 3 atom stereocenters. The first-order valence-corrected chi connectivity index (χ1v) is 7.74. The molecule has 2 aliphatic heterocycles. The summed E-state index contributed by atoms with van der Waals surface area (Å²) in [5, 5.41) is 0. The van der Waals surface area contributed by atoms with Crippen LogP contribution in [0.2, 0.25) is 0 Å². The van der Waals surface area contributed by atoms with Crippen molar-refractivity contribution in [1.82, 2.24) is 0 Å². The van der Waals surface area contributed by atoms with Crippen molar-refractivity contribution in [2.45, 2.75) is 19.4 Å². The molecule has 122 valence electrons. The van der Waals surface area contributed by atoms with Crippen LogP contribution in [0.15, 0.2) is 54.7 Å². The fourth-order valence-electron chi connectivity index (χ4n) is 3.15. The van der Waals surface area contributed by atoms with Crippen LogP contribution in [0.3, 0.4) is 0 Å². The zero-order valence-corrected chi connectivity index (χ0v) is 13.7. The molecule has 0 N–H and O–H groups in total. The molecule has 0 saturated carbocycles. The van der Waals surface area contributed by atoms with Crippen LogP contribution in [0.4, 0.5) is 0 Å². The molecular weight excluding hydrogens is 292 g/mol. The van der Waals surface area contributed by atoms with E-state index in [1.165, 1.54) is 0 Å². The Morgan fingerprint density at radius 3 is 2.70 bits per heavy atom. The lowest BCUT2D eigenvalue weighted by Gasteiger charge is -2.18. The van der Waals surface area contributed by atoms with Crippen molar-refractivity contribution in [3.63, 3.8) is 0 Å². The van der Waals surface area contributed by atoms with Crippen molar-refractivity contribution in [1.29, 1.82) is 0 Å². The molecule has 0 radical (unpaired) electrons. The van der Waals surface area contributed by atoms with Crippen molar-refractivity contribution in [3.05, 3.63) is 60.3 Å². The molecule has 0 aliphatic carbocycles. The second-order valence-electron chi connectivity index (χ2n) is 5.80. The van der Waals surface area contributed by atoms with Crippen LogP contribution in [0.5, 0.6) is 11.5 Å². The second-order valence-corrected chi connectivity index (χ2v) is 5.80. The van der Waals surface area contributed by atoms with E-state index in [-0.39, 0.29) is 12.0 Å². The molecule has 23 heavy (non-hydrogen) atoms. The third kappa shape index (κ3) is 2.81. The molecule has 0 spiro atoms. The standard InChI is InChI=1S/C19H22O4/c1-5-6-14-10-15-12(2)19(23-18(15)11-22-14)13-7-8-16(20-3)17(9-13)21-4/h5,7-12,15,19H,1,6H2,2-4H3. The van der Waals surface area contributed by atoms with E-state index in [4.69, 9.17) is 18.9 Å². The van der Waals surface area contributed by atoms with Gasteiger partial charge in [0, 0.05) is 18.3 Å². The van der Waals surface area contributed by atoms with Crippen LogP contribution in [0.1, 0.15) is 25.0 Å². The normalized spacial score (nSPS) is 25.4. The van der Waals surface area contributed by atoms with Crippen molar-refractivity contribution in [3.8, 4) is 11.5 Å². The molecule has 0 bridgehead atoms. The molecule has 0 amide bonds. The molecule has 4 heteroatoms. The van der Waals surface area contributed by atoms with Crippen LogP contribution in [0, 0.1) is 11.8 Å². The van der Waals surface area contributed by atoms with Gasteiger partial charge in [-0.25, -0.2) is 0 Å². The maximum atomic E-state index is 6.13. The SMILES string of the molecule is C=CCC1=CC2C(=CO1)OC(c1ccc(OC)c(OC)c1)C2C. The average molecular weight is 314 g/mol. The number of ether oxygens (including phenoxy) is 4. The summed E-state index contributed by atoms with van der Waals surface area (Å²) in [6.45, 7) is 5.95. The topological polar surface area (TPSA) is 36.9 Å². The first-order valence-electron chi connectivity index (χ1n) is 7.74. The summed E-state index contributed by atoms with van der Waals surface area (Å²) in [6.07, 6.45) is 6.41. The van der Waals surface area contributed by atoms with E-state index in [9.17, 15) is 0 Å². The molecule has 0 aromatic heterocycles. The Morgan fingerprint density at radius 1 is 1.22 bits per heavy atom. The monoisotopic (exact) mass is 314 g/mol. The molecule has 3 rings (SSSR count). The number of rotatable bonds is 5. The minimum Gasteiger partial charge on any atom is -0.493 e. The van der Waals surface area contributed by atoms with E-state index in [0.29, 0.717) is 11.7 Å². The van der Waals surface area contributed by atoms with E-state index >= 15 is 0 Å². The van der Waals surface area contributed by atoms with Crippen molar-refractivity contribution in [2.24, 2.45) is 11.8 Å². The van der Waals surface area contributed by atoms with Gasteiger partial charge in [0.2, 0.25) is 0 Å². The van der Waals surface area contributed by atoms with Crippen LogP contribution < -0.4 is 9.47 Å². The summed E-state index contributed by atoms with van der Waals surface area (Å²) < 4.78 is 22.4. The van der Waals surface area contributed by atoms with Gasteiger partial charge in [0.15, 0.2) is 11.5 Å². The summed E-state index contributed by atoms with van der Waals surface area (Å²) in [6, 6.07) is 5.92. The maximum Gasteiger partial charge on any atom is 0.161 e. The minimum atomic E-state index is -0.0333. The number of methoxy groups -OCH3 is 2. The molecule has 1 aromatic rings. The Labute approximate surface area is 137 Å².